The average Bonchev–Trinajstić information content (AvgIpc) is 2.33. The fourth-order valence-corrected chi connectivity index (χ4v) is 3.41. The number of hydrogen-bond donors (Lipinski definition) is 1. The summed E-state index contributed by atoms with van der Waals surface area (Å²) in [4.78, 5) is 11.3. The third kappa shape index (κ3) is 5.45. The molecule has 0 saturated heterocycles. The molecule has 1 N–H and O–H groups in total. The molecule has 0 saturated carbocycles. The Hall–Kier alpha value is -0.693. The van der Waals surface area contributed by atoms with E-state index in [1.165, 1.54) is 0 Å². The maximum atomic E-state index is 11.3. The van der Waals surface area contributed by atoms with Crippen LogP contribution in [0.15, 0.2) is 12.2 Å². The molecule has 0 aliphatic rings. The SMILES string of the molecule is C=C(C)C(=O)NCC(C)C[Si](OC)(OC)OC. The Balaban J connectivity index is 4.20. The first-order valence-corrected chi connectivity index (χ1v) is 7.43. The van der Waals surface area contributed by atoms with Crippen LogP contribution in [0.4, 0.5) is 0 Å². The number of nitrogens with one attached hydrogen (secondary N) is 1. The van der Waals surface area contributed by atoms with Gasteiger partial charge in [-0.05, 0) is 12.8 Å². The van der Waals surface area contributed by atoms with E-state index in [-0.39, 0.29) is 11.8 Å². The zero-order valence-electron chi connectivity index (χ0n) is 11.3. The Bertz CT molecular complexity index is 258. The fourth-order valence-electron chi connectivity index (χ4n) is 1.42. The molecule has 0 aromatic heterocycles. The van der Waals surface area contributed by atoms with Gasteiger partial charge in [-0.25, -0.2) is 0 Å². The van der Waals surface area contributed by atoms with Gasteiger partial charge in [-0.3, -0.25) is 4.79 Å². The summed E-state index contributed by atoms with van der Waals surface area (Å²) in [5.74, 6) is 0.0844. The lowest BCUT2D eigenvalue weighted by atomic mass is 10.2. The number of rotatable bonds is 8. The molecule has 17 heavy (non-hydrogen) atoms. The Morgan fingerprint density at radius 3 is 2.12 bits per heavy atom. The van der Waals surface area contributed by atoms with Gasteiger partial charge in [0.1, 0.15) is 0 Å². The van der Waals surface area contributed by atoms with Gasteiger partial charge >= 0.3 is 8.80 Å². The second-order valence-electron chi connectivity index (χ2n) is 4.10. The molecule has 0 radical (unpaired) electrons. The molecular formula is C11H23NO4Si. The van der Waals surface area contributed by atoms with Crippen LogP contribution in [0.5, 0.6) is 0 Å². The van der Waals surface area contributed by atoms with Crippen LogP contribution >= 0.6 is 0 Å². The zero-order chi connectivity index (χ0) is 13.5. The van der Waals surface area contributed by atoms with E-state index < -0.39 is 8.80 Å². The number of hydrogen-bond acceptors (Lipinski definition) is 4. The summed E-state index contributed by atoms with van der Waals surface area (Å²) in [6.45, 7) is 7.82. The van der Waals surface area contributed by atoms with E-state index in [1.54, 1.807) is 28.3 Å². The minimum absolute atomic E-state index is 0.128. The van der Waals surface area contributed by atoms with Crippen molar-refractivity contribution in [2.45, 2.75) is 19.9 Å². The second-order valence-corrected chi connectivity index (χ2v) is 7.09. The van der Waals surface area contributed by atoms with Gasteiger partial charge in [0.2, 0.25) is 5.91 Å². The fraction of sp³-hybridized carbons (Fsp3) is 0.727. The van der Waals surface area contributed by atoms with Crippen molar-refractivity contribution in [1.29, 1.82) is 0 Å². The Labute approximate surface area is 105 Å². The van der Waals surface area contributed by atoms with Crippen molar-refractivity contribution in [3.8, 4) is 0 Å². The maximum absolute atomic E-state index is 11.3. The Kier molecular flexibility index (Phi) is 7.29. The largest absolute Gasteiger partial charge is 0.500 e. The number of carbonyl (C=O) groups excluding carboxylic acids is 1. The monoisotopic (exact) mass is 261 g/mol. The van der Waals surface area contributed by atoms with Crippen LogP contribution < -0.4 is 5.32 Å². The molecule has 1 unspecified atom stereocenters. The third-order valence-electron chi connectivity index (χ3n) is 2.53. The quantitative estimate of drug-likeness (QED) is 0.527. The zero-order valence-corrected chi connectivity index (χ0v) is 12.3. The highest BCUT2D eigenvalue weighted by molar-refractivity contribution is 6.60. The van der Waals surface area contributed by atoms with Crippen molar-refractivity contribution in [3.05, 3.63) is 12.2 Å². The standard InChI is InChI=1S/C11H23NO4Si/c1-9(2)11(13)12-7-10(3)8-17(14-4,15-5)16-6/h10H,1,7-8H2,2-6H3,(H,12,13). The summed E-state index contributed by atoms with van der Waals surface area (Å²) in [6, 6.07) is 0.660. The average molecular weight is 261 g/mol. The van der Waals surface area contributed by atoms with Crippen LogP contribution in [-0.4, -0.2) is 42.6 Å². The molecule has 1 atom stereocenters. The second kappa shape index (κ2) is 7.60. The first-order valence-electron chi connectivity index (χ1n) is 5.50. The van der Waals surface area contributed by atoms with Crippen LogP contribution in [0.25, 0.3) is 0 Å². The highest BCUT2D eigenvalue weighted by Crippen LogP contribution is 2.18. The van der Waals surface area contributed by atoms with Crippen molar-refractivity contribution in [1.82, 2.24) is 5.32 Å². The molecule has 1 amide bonds. The molecule has 0 bridgehead atoms. The molecule has 0 aliphatic carbocycles. The summed E-state index contributed by atoms with van der Waals surface area (Å²) >= 11 is 0. The van der Waals surface area contributed by atoms with Gasteiger partial charge in [0, 0.05) is 39.5 Å². The molecule has 6 heteroatoms. The minimum Gasteiger partial charge on any atom is -0.377 e. The van der Waals surface area contributed by atoms with E-state index in [9.17, 15) is 4.79 Å². The van der Waals surface area contributed by atoms with E-state index >= 15 is 0 Å². The van der Waals surface area contributed by atoms with Crippen molar-refractivity contribution < 1.29 is 18.1 Å². The molecule has 0 aromatic rings. The summed E-state index contributed by atoms with van der Waals surface area (Å²) in [6.07, 6.45) is 0. The Morgan fingerprint density at radius 1 is 1.29 bits per heavy atom. The van der Waals surface area contributed by atoms with E-state index in [2.05, 4.69) is 11.9 Å². The molecule has 0 heterocycles. The van der Waals surface area contributed by atoms with Crippen molar-refractivity contribution in [2.75, 3.05) is 27.9 Å². The van der Waals surface area contributed by atoms with Crippen LogP contribution in [0.3, 0.4) is 0 Å². The molecule has 0 aliphatic heterocycles. The number of carbonyl (C=O) groups is 1. The van der Waals surface area contributed by atoms with Gasteiger partial charge in [0.05, 0.1) is 0 Å². The van der Waals surface area contributed by atoms with Gasteiger partial charge < -0.3 is 18.6 Å². The van der Waals surface area contributed by atoms with E-state index in [0.29, 0.717) is 18.2 Å². The maximum Gasteiger partial charge on any atom is 0.500 e. The predicted molar refractivity (Wildman–Crippen MR) is 68.6 cm³/mol. The molecule has 100 valence electrons. The first-order chi connectivity index (χ1) is 7.90. The van der Waals surface area contributed by atoms with Crippen molar-refractivity contribution in [3.63, 3.8) is 0 Å². The van der Waals surface area contributed by atoms with Crippen molar-refractivity contribution >= 4 is 14.7 Å². The minimum atomic E-state index is -2.55. The van der Waals surface area contributed by atoms with Gasteiger partial charge in [-0.15, -0.1) is 0 Å². The molecule has 5 nitrogen and oxygen atoms in total. The van der Waals surface area contributed by atoms with E-state index in [1.807, 2.05) is 6.92 Å². The molecule has 0 fully saturated rings. The highest BCUT2D eigenvalue weighted by atomic mass is 28.4. The van der Waals surface area contributed by atoms with E-state index in [0.717, 1.165) is 0 Å². The van der Waals surface area contributed by atoms with Gasteiger partial charge in [0.15, 0.2) is 0 Å². The molecular weight excluding hydrogens is 238 g/mol. The lowest BCUT2D eigenvalue weighted by Gasteiger charge is -2.27. The molecule has 0 aromatic carbocycles. The summed E-state index contributed by atoms with van der Waals surface area (Å²) in [5.41, 5.74) is 0.505. The van der Waals surface area contributed by atoms with E-state index in [4.69, 9.17) is 13.3 Å². The van der Waals surface area contributed by atoms with Gasteiger partial charge in [0.25, 0.3) is 0 Å². The summed E-state index contributed by atoms with van der Waals surface area (Å²) in [5, 5.41) is 2.79. The van der Waals surface area contributed by atoms with Gasteiger partial charge in [-0.2, -0.15) is 0 Å². The summed E-state index contributed by atoms with van der Waals surface area (Å²) < 4.78 is 16.0. The summed E-state index contributed by atoms with van der Waals surface area (Å²) in [7, 11) is 2.19. The third-order valence-corrected chi connectivity index (χ3v) is 5.59. The topological polar surface area (TPSA) is 56.8 Å². The number of amides is 1. The van der Waals surface area contributed by atoms with Crippen LogP contribution in [0.2, 0.25) is 6.04 Å². The molecule has 0 spiro atoms. The normalized spacial score (nSPS) is 13.2. The predicted octanol–water partition coefficient (Wildman–Crippen LogP) is 1.19. The van der Waals surface area contributed by atoms with Crippen molar-refractivity contribution in [2.24, 2.45) is 5.92 Å². The Morgan fingerprint density at radius 2 is 1.76 bits per heavy atom. The lowest BCUT2D eigenvalue weighted by Crippen LogP contribution is -2.45. The first kappa shape index (κ1) is 16.3. The van der Waals surface area contributed by atoms with Crippen LogP contribution in [0.1, 0.15) is 13.8 Å². The highest BCUT2D eigenvalue weighted by Gasteiger charge is 2.39. The lowest BCUT2D eigenvalue weighted by molar-refractivity contribution is -0.117. The van der Waals surface area contributed by atoms with Gasteiger partial charge in [-0.1, -0.05) is 13.5 Å². The van der Waals surface area contributed by atoms with Crippen LogP contribution in [0, 0.1) is 5.92 Å². The van der Waals surface area contributed by atoms with Crippen LogP contribution in [-0.2, 0) is 18.1 Å². The smallest absolute Gasteiger partial charge is 0.377 e. The molecule has 0 rings (SSSR count).